The molecule has 80 valence electrons. The van der Waals surface area contributed by atoms with Gasteiger partial charge in [0.2, 0.25) is 0 Å². The van der Waals surface area contributed by atoms with E-state index >= 15 is 0 Å². The molecule has 0 radical (unpaired) electrons. The van der Waals surface area contributed by atoms with Crippen molar-refractivity contribution in [1.29, 1.82) is 0 Å². The fraction of sp³-hybridized carbons (Fsp3) is 0.778. The lowest BCUT2D eigenvalue weighted by Gasteiger charge is -2.26. The number of carboxylic acids is 1. The summed E-state index contributed by atoms with van der Waals surface area (Å²) in [4.78, 5) is 14.3. The van der Waals surface area contributed by atoms with E-state index in [9.17, 15) is 4.79 Å². The highest BCUT2D eigenvalue weighted by Gasteiger charge is 2.28. The first-order valence-electron chi connectivity index (χ1n) is 4.25. The van der Waals surface area contributed by atoms with Crippen molar-refractivity contribution < 1.29 is 14.6 Å². The lowest BCUT2D eigenvalue weighted by atomic mass is 10.1. The maximum atomic E-state index is 10.8. The van der Waals surface area contributed by atoms with Crippen molar-refractivity contribution in [1.82, 2.24) is 0 Å². The number of nitrogens with zero attached hydrogens (tertiary/aromatic N) is 1. The minimum Gasteiger partial charge on any atom is -0.480 e. The van der Waals surface area contributed by atoms with Gasteiger partial charge in [-0.15, -0.1) is 0 Å². The summed E-state index contributed by atoms with van der Waals surface area (Å²) < 4.78 is 5.45. The number of ether oxygens (including phenoxy) is 1. The van der Waals surface area contributed by atoms with Gasteiger partial charge in [0, 0.05) is 0 Å². The summed E-state index contributed by atoms with van der Waals surface area (Å²) in [6.45, 7) is 7.21. The summed E-state index contributed by atoms with van der Waals surface area (Å²) in [6, 6.07) is -0.980. The summed E-state index contributed by atoms with van der Waals surface area (Å²) in [6.07, 6.45) is -0.525. The van der Waals surface area contributed by atoms with E-state index in [1.165, 1.54) is 0 Å². The van der Waals surface area contributed by atoms with Crippen molar-refractivity contribution in [2.24, 2.45) is 4.99 Å². The van der Waals surface area contributed by atoms with Crippen LogP contribution in [0, 0.1) is 0 Å². The third kappa shape index (κ3) is 5.07. The fourth-order valence-electron chi connectivity index (χ4n) is 1.04. The Balaban J connectivity index is 4.53. The van der Waals surface area contributed by atoms with Gasteiger partial charge in [-0.05, 0) is 39.9 Å². The van der Waals surface area contributed by atoms with E-state index in [0.717, 1.165) is 0 Å². The zero-order chi connectivity index (χ0) is 11.4. The minimum atomic E-state index is -1.06. The van der Waals surface area contributed by atoms with E-state index < -0.39 is 23.7 Å². The van der Waals surface area contributed by atoms with Crippen LogP contribution in [0.3, 0.4) is 0 Å². The van der Waals surface area contributed by atoms with Crippen LogP contribution in [0.5, 0.6) is 0 Å². The number of hydrogen-bond donors (Lipinski definition) is 1. The Bertz CT molecular complexity index is 251. The number of carbonyl (C=O) groups is 1. The molecule has 0 fully saturated rings. The number of aliphatic imine (C=N–C) groups is 1. The highest BCUT2D eigenvalue weighted by atomic mass is 32.1. The Kier molecular flexibility index (Phi) is 4.91. The largest absolute Gasteiger partial charge is 0.480 e. The van der Waals surface area contributed by atoms with E-state index in [-0.39, 0.29) is 0 Å². The van der Waals surface area contributed by atoms with Gasteiger partial charge in [-0.3, -0.25) is 0 Å². The molecule has 1 N–H and O–H groups in total. The van der Waals surface area contributed by atoms with Gasteiger partial charge in [-0.2, -0.15) is 0 Å². The van der Waals surface area contributed by atoms with Crippen molar-refractivity contribution in [2.75, 3.05) is 0 Å². The van der Waals surface area contributed by atoms with Gasteiger partial charge in [-0.1, -0.05) is 0 Å². The Morgan fingerprint density at radius 3 is 2.36 bits per heavy atom. The number of thiocarbonyl (C=S) groups is 1. The second kappa shape index (κ2) is 5.20. The summed E-state index contributed by atoms with van der Waals surface area (Å²) >= 11 is 4.37. The second-order valence-corrected chi connectivity index (χ2v) is 4.12. The molecule has 5 heteroatoms. The van der Waals surface area contributed by atoms with Crippen LogP contribution >= 0.6 is 12.2 Å². The van der Waals surface area contributed by atoms with Crippen LogP contribution in [0.4, 0.5) is 0 Å². The van der Waals surface area contributed by atoms with Gasteiger partial charge >= 0.3 is 5.97 Å². The van der Waals surface area contributed by atoms with Crippen LogP contribution in [0.2, 0.25) is 0 Å². The van der Waals surface area contributed by atoms with Crippen molar-refractivity contribution in [3.05, 3.63) is 0 Å². The first-order valence-corrected chi connectivity index (χ1v) is 4.66. The normalized spacial score (nSPS) is 15.4. The van der Waals surface area contributed by atoms with E-state index in [1.807, 2.05) is 20.8 Å². The molecule has 2 atom stereocenters. The molecular weight excluding hydrogens is 202 g/mol. The van der Waals surface area contributed by atoms with Crippen LogP contribution in [-0.2, 0) is 9.53 Å². The van der Waals surface area contributed by atoms with Crippen molar-refractivity contribution in [2.45, 2.75) is 45.4 Å². The highest BCUT2D eigenvalue weighted by molar-refractivity contribution is 7.78. The lowest BCUT2D eigenvalue weighted by molar-refractivity contribution is -0.145. The van der Waals surface area contributed by atoms with Crippen LogP contribution in [0.25, 0.3) is 0 Å². The van der Waals surface area contributed by atoms with Crippen LogP contribution in [0.1, 0.15) is 27.7 Å². The van der Waals surface area contributed by atoms with E-state index in [4.69, 9.17) is 9.84 Å². The molecule has 0 aromatic rings. The maximum Gasteiger partial charge on any atom is 0.332 e. The van der Waals surface area contributed by atoms with E-state index in [2.05, 4.69) is 22.4 Å². The Morgan fingerprint density at radius 2 is 2.07 bits per heavy atom. The van der Waals surface area contributed by atoms with Crippen molar-refractivity contribution in [3.8, 4) is 0 Å². The summed E-state index contributed by atoms with van der Waals surface area (Å²) in [7, 11) is 0. The molecule has 0 aliphatic rings. The average Bonchev–Trinajstić information content (AvgIpc) is 1.95. The van der Waals surface area contributed by atoms with Crippen LogP contribution < -0.4 is 0 Å². The zero-order valence-electron chi connectivity index (χ0n) is 8.77. The number of rotatable bonds is 4. The van der Waals surface area contributed by atoms with Crippen LogP contribution in [0.15, 0.2) is 4.99 Å². The smallest absolute Gasteiger partial charge is 0.332 e. The summed E-state index contributed by atoms with van der Waals surface area (Å²) in [5.41, 5.74) is -0.399. The quantitative estimate of drug-likeness (QED) is 0.575. The second-order valence-electron chi connectivity index (χ2n) is 3.94. The van der Waals surface area contributed by atoms with Crippen LogP contribution in [-0.4, -0.2) is 34.0 Å². The zero-order valence-corrected chi connectivity index (χ0v) is 9.59. The summed E-state index contributed by atoms with van der Waals surface area (Å²) in [5.74, 6) is -1.06. The number of carboxylic acid groups (broad SMARTS) is 1. The number of isothiocyanates is 1. The minimum absolute atomic E-state index is 0.399. The van der Waals surface area contributed by atoms with E-state index in [0.29, 0.717) is 0 Å². The molecule has 4 nitrogen and oxygen atoms in total. The third-order valence-corrected chi connectivity index (χ3v) is 1.53. The SMILES string of the molecule is C[C@@H](OC(C)(C)C)[C@H](N=C=S)C(=O)O. The average molecular weight is 217 g/mol. The van der Waals surface area contributed by atoms with Gasteiger partial charge in [0.05, 0.1) is 16.9 Å². The Labute approximate surface area is 89.0 Å². The lowest BCUT2D eigenvalue weighted by Crippen LogP contribution is -2.37. The fourth-order valence-corrected chi connectivity index (χ4v) is 1.15. The predicted octanol–water partition coefficient (Wildman–Crippen LogP) is 1.75. The molecule has 0 unspecified atom stereocenters. The topological polar surface area (TPSA) is 58.9 Å². The molecule has 0 saturated carbocycles. The molecular formula is C9H15NO3S. The molecule has 0 spiro atoms. The molecule has 0 rings (SSSR count). The predicted molar refractivity (Wildman–Crippen MR) is 56.7 cm³/mol. The van der Waals surface area contributed by atoms with Crippen molar-refractivity contribution >= 4 is 23.3 Å². The molecule has 0 aliphatic carbocycles. The first-order chi connectivity index (χ1) is 6.28. The highest BCUT2D eigenvalue weighted by Crippen LogP contribution is 2.14. The van der Waals surface area contributed by atoms with Crippen molar-refractivity contribution in [3.63, 3.8) is 0 Å². The molecule has 0 saturated heterocycles. The Hall–Kier alpha value is -0.770. The van der Waals surface area contributed by atoms with Gasteiger partial charge in [0.1, 0.15) is 0 Å². The maximum absolute atomic E-state index is 10.8. The molecule has 0 heterocycles. The monoisotopic (exact) mass is 217 g/mol. The summed E-state index contributed by atoms with van der Waals surface area (Å²) in [5, 5.41) is 10.9. The Morgan fingerprint density at radius 1 is 1.57 bits per heavy atom. The molecule has 0 aromatic heterocycles. The van der Waals surface area contributed by atoms with Gasteiger partial charge in [-0.25, -0.2) is 9.79 Å². The standard InChI is InChI=1S/C9H15NO3S/c1-6(13-9(2,3)4)7(8(11)12)10-5-14/h6-7H,1-4H3,(H,11,12)/t6-,7+/m1/s1. The molecule has 0 amide bonds. The van der Waals surface area contributed by atoms with E-state index in [1.54, 1.807) is 6.92 Å². The first kappa shape index (κ1) is 13.2. The van der Waals surface area contributed by atoms with Gasteiger partial charge in [0.15, 0.2) is 6.04 Å². The van der Waals surface area contributed by atoms with Gasteiger partial charge in [0.25, 0.3) is 0 Å². The molecule has 0 aliphatic heterocycles. The molecule has 0 aromatic carbocycles. The third-order valence-electron chi connectivity index (χ3n) is 1.43. The molecule has 0 bridgehead atoms. The number of hydrogen-bond acceptors (Lipinski definition) is 4. The van der Waals surface area contributed by atoms with Gasteiger partial charge < -0.3 is 9.84 Å². The number of aliphatic carboxylic acids is 1. The molecule has 14 heavy (non-hydrogen) atoms.